The third kappa shape index (κ3) is 3.64. The number of carbonyl (C=O) groups excluding carboxylic acids is 1. The van der Waals surface area contributed by atoms with Crippen LogP contribution in [0.1, 0.15) is 44.0 Å². The molecule has 128 valence electrons. The summed E-state index contributed by atoms with van der Waals surface area (Å²) in [7, 11) is 0. The van der Waals surface area contributed by atoms with Gasteiger partial charge < -0.3 is 10.6 Å². The molecule has 2 aromatic rings. The number of rotatable bonds is 5. The van der Waals surface area contributed by atoms with E-state index >= 15 is 0 Å². The number of hydrogen-bond donors (Lipinski definition) is 1. The Bertz CT molecular complexity index is 694. The van der Waals surface area contributed by atoms with Crippen molar-refractivity contribution in [3.8, 4) is 0 Å². The molecule has 1 amide bonds. The van der Waals surface area contributed by atoms with Gasteiger partial charge in [-0.3, -0.25) is 4.79 Å². The van der Waals surface area contributed by atoms with Gasteiger partial charge in [0.1, 0.15) is 6.54 Å². The average Bonchev–Trinajstić information content (AvgIpc) is 3.13. The monoisotopic (exact) mass is 327 g/mol. The maximum atomic E-state index is 12.5. The third-order valence-electron chi connectivity index (χ3n) is 4.74. The smallest absolute Gasteiger partial charge is 0.244 e. The number of nitrogens with two attached hydrogens (primary N) is 1. The summed E-state index contributed by atoms with van der Waals surface area (Å²) in [5.74, 6) is 0.0984. The Labute approximate surface area is 142 Å². The maximum absolute atomic E-state index is 12.5. The molecule has 1 aliphatic rings. The number of aromatic nitrogens is 3. The fourth-order valence-electron chi connectivity index (χ4n) is 3.35. The molecule has 1 aromatic carbocycles. The quantitative estimate of drug-likeness (QED) is 0.910. The van der Waals surface area contributed by atoms with E-state index in [-0.39, 0.29) is 24.0 Å². The molecule has 0 aliphatic carbocycles. The van der Waals surface area contributed by atoms with Crippen LogP contribution in [0.4, 0.5) is 0 Å². The van der Waals surface area contributed by atoms with Gasteiger partial charge in [-0.25, -0.2) is 4.68 Å². The second-order valence-electron chi connectivity index (χ2n) is 7.09. The van der Waals surface area contributed by atoms with E-state index in [1.54, 1.807) is 4.68 Å². The van der Waals surface area contributed by atoms with Gasteiger partial charge in [-0.2, -0.15) is 0 Å². The molecular formula is C18H25N5O. The second kappa shape index (κ2) is 6.73. The summed E-state index contributed by atoms with van der Waals surface area (Å²) in [5.41, 5.74) is 8.04. The molecule has 1 fully saturated rings. The van der Waals surface area contributed by atoms with E-state index in [1.807, 2.05) is 41.4 Å². The van der Waals surface area contributed by atoms with E-state index in [2.05, 4.69) is 24.2 Å². The Hall–Kier alpha value is -2.21. The molecule has 1 atom stereocenters. The minimum Gasteiger partial charge on any atom is -0.336 e. The summed E-state index contributed by atoms with van der Waals surface area (Å²) in [6.07, 6.45) is 4.54. The zero-order valence-corrected chi connectivity index (χ0v) is 14.4. The lowest BCUT2D eigenvalue weighted by atomic mass is 10.0. The van der Waals surface area contributed by atoms with Crippen LogP contribution < -0.4 is 5.73 Å². The highest BCUT2D eigenvalue weighted by molar-refractivity contribution is 5.77. The number of hydrogen-bond acceptors (Lipinski definition) is 4. The van der Waals surface area contributed by atoms with E-state index in [1.165, 1.54) is 0 Å². The molecule has 1 aromatic heterocycles. The molecule has 3 rings (SSSR count). The number of amides is 1. The Balaban J connectivity index is 1.60. The Morgan fingerprint density at radius 1 is 1.33 bits per heavy atom. The lowest BCUT2D eigenvalue weighted by Gasteiger charge is -2.31. The molecule has 0 radical (unpaired) electrons. The molecule has 2 N–H and O–H groups in total. The predicted octanol–water partition coefficient (Wildman–Crippen LogP) is 1.92. The van der Waals surface area contributed by atoms with E-state index in [0.717, 1.165) is 30.6 Å². The molecule has 6 nitrogen and oxygen atoms in total. The van der Waals surface area contributed by atoms with E-state index in [9.17, 15) is 4.79 Å². The topological polar surface area (TPSA) is 77.0 Å². The van der Waals surface area contributed by atoms with Crippen LogP contribution in [0, 0.1) is 0 Å². The van der Waals surface area contributed by atoms with Crippen molar-refractivity contribution < 1.29 is 4.79 Å². The van der Waals surface area contributed by atoms with Crippen molar-refractivity contribution in [3.63, 3.8) is 0 Å². The van der Waals surface area contributed by atoms with Crippen molar-refractivity contribution in [2.24, 2.45) is 5.73 Å². The first-order valence-electron chi connectivity index (χ1n) is 8.46. The van der Waals surface area contributed by atoms with Crippen LogP contribution in [0.5, 0.6) is 0 Å². The summed E-state index contributed by atoms with van der Waals surface area (Å²) in [4.78, 5) is 14.4. The standard InChI is InChI=1S/C18H25N5O/c1-18(2)9-6-10-23(18)17(24)13-22-12-15(20-21-22)11-16(19)14-7-4-3-5-8-14/h3-5,7-8,12,16H,6,9-11,13,19H2,1-2H3. The Morgan fingerprint density at radius 2 is 2.08 bits per heavy atom. The van der Waals surface area contributed by atoms with Gasteiger partial charge in [-0.05, 0) is 32.3 Å². The molecule has 6 heteroatoms. The van der Waals surface area contributed by atoms with Crippen LogP contribution in [0.15, 0.2) is 36.5 Å². The molecule has 1 aliphatic heterocycles. The molecule has 1 unspecified atom stereocenters. The van der Waals surface area contributed by atoms with Gasteiger partial charge in [0.25, 0.3) is 0 Å². The summed E-state index contributed by atoms with van der Waals surface area (Å²) < 4.78 is 1.61. The van der Waals surface area contributed by atoms with Gasteiger partial charge in [-0.1, -0.05) is 35.5 Å². The summed E-state index contributed by atoms with van der Waals surface area (Å²) in [6.45, 7) is 5.29. The van der Waals surface area contributed by atoms with Crippen LogP contribution >= 0.6 is 0 Å². The number of likely N-dealkylation sites (tertiary alicyclic amines) is 1. The van der Waals surface area contributed by atoms with Crippen molar-refractivity contribution in [1.29, 1.82) is 0 Å². The molecule has 0 saturated carbocycles. The minimum atomic E-state index is -0.121. The molecular weight excluding hydrogens is 302 g/mol. The van der Waals surface area contributed by atoms with E-state index in [4.69, 9.17) is 5.73 Å². The normalized spacial score (nSPS) is 17.9. The zero-order valence-electron chi connectivity index (χ0n) is 14.4. The van der Waals surface area contributed by atoms with Crippen molar-refractivity contribution in [2.45, 2.75) is 51.2 Å². The zero-order chi connectivity index (χ0) is 17.2. The minimum absolute atomic E-state index is 0.0594. The fourth-order valence-corrected chi connectivity index (χ4v) is 3.35. The highest BCUT2D eigenvalue weighted by atomic mass is 16.2. The molecule has 1 saturated heterocycles. The van der Waals surface area contributed by atoms with Crippen LogP contribution in [-0.4, -0.2) is 37.9 Å². The second-order valence-corrected chi connectivity index (χ2v) is 7.09. The Morgan fingerprint density at radius 3 is 2.75 bits per heavy atom. The van der Waals surface area contributed by atoms with Crippen LogP contribution in [0.25, 0.3) is 0 Å². The van der Waals surface area contributed by atoms with E-state index in [0.29, 0.717) is 6.42 Å². The van der Waals surface area contributed by atoms with Gasteiger partial charge in [-0.15, -0.1) is 5.10 Å². The largest absolute Gasteiger partial charge is 0.336 e. The first-order valence-corrected chi connectivity index (χ1v) is 8.46. The highest BCUT2D eigenvalue weighted by Crippen LogP contribution is 2.28. The van der Waals surface area contributed by atoms with Crippen molar-refractivity contribution in [1.82, 2.24) is 19.9 Å². The molecule has 2 heterocycles. The van der Waals surface area contributed by atoms with Gasteiger partial charge in [0, 0.05) is 30.7 Å². The molecule has 0 bridgehead atoms. The lowest BCUT2D eigenvalue weighted by molar-refractivity contribution is -0.135. The fraction of sp³-hybridized carbons (Fsp3) is 0.500. The summed E-state index contributed by atoms with van der Waals surface area (Å²) >= 11 is 0. The van der Waals surface area contributed by atoms with Crippen molar-refractivity contribution >= 4 is 5.91 Å². The predicted molar refractivity (Wildman–Crippen MR) is 92.1 cm³/mol. The van der Waals surface area contributed by atoms with Crippen LogP contribution in [-0.2, 0) is 17.8 Å². The lowest BCUT2D eigenvalue weighted by Crippen LogP contribution is -2.44. The number of benzene rings is 1. The highest BCUT2D eigenvalue weighted by Gasteiger charge is 2.35. The molecule has 0 spiro atoms. The first kappa shape index (κ1) is 16.6. The van der Waals surface area contributed by atoms with Crippen molar-refractivity contribution in [3.05, 3.63) is 47.8 Å². The van der Waals surface area contributed by atoms with Gasteiger partial charge in [0.2, 0.25) is 5.91 Å². The van der Waals surface area contributed by atoms with Crippen LogP contribution in [0.2, 0.25) is 0 Å². The van der Waals surface area contributed by atoms with Gasteiger partial charge >= 0.3 is 0 Å². The first-order chi connectivity index (χ1) is 11.5. The average molecular weight is 327 g/mol. The van der Waals surface area contributed by atoms with Crippen molar-refractivity contribution in [2.75, 3.05) is 6.54 Å². The summed E-state index contributed by atoms with van der Waals surface area (Å²) in [6, 6.07) is 9.81. The number of carbonyl (C=O) groups is 1. The Kier molecular flexibility index (Phi) is 4.66. The van der Waals surface area contributed by atoms with Crippen LogP contribution in [0.3, 0.4) is 0 Å². The van der Waals surface area contributed by atoms with Gasteiger partial charge in [0.05, 0.1) is 5.69 Å². The molecule has 24 heavy (non-hydrogen) atoms. The summed E-state index contributed by atoms with van der Waals surface area (Å²) in [5, 5.41) is 8.25. The van der Waals surface area contributed by atoms with Gasteiger partial charge in [0.15, 0.2) is 0 Å². The maximum Gasteiger partial charge on any atom is 0.244 e. The third-order valence-corrected chi connectivity index (χ3v) is 4.74. The SMILES string of the molecule is CC1(C)CCCN1C(=O)Cn1cc(CC(N)c2ccccc2)nn1. The number of nitrogens with zero attached hydrogens (tertiary/aromatic N) is 4. The van der Waals surface area contributed by atoms with E-state index < -0.39 is 0 Å².